The van der Waals surface area contributed by atoms with Gasteiger partial charge in [-0.05, 0) is 49.6 Å². The predicted octanol–water partition coefficient (Wildman–Crippen LogP) is 3.76. The fraction of sp³-hybridized carbons (Fsp3) is 0.400. The number of anilines is 3. The summed E-state index contributed by atoms with van der Waals surface area (Å²) in [6.07, 6.45) is 3.10. The molecule has 0 aliphatic carbocycles. The third-order valence-corrected chi connectivity index (χ3v) is 6.21. The molecule has 2 fully saturated rings. The highest BCUT2D eigenvalue weighted by atomic mass is 19.1. The number of piperazine rings is 1. The van der Waals surface area contributed by atoms with E-state index in [0.717, 1.165) is 38.0 Å². The Balaban J connectivity index is 1.48. The maximum Gasteiger partial charge on any atom is 0.322 e. The van der Waals surface area contributed by atoms with Gasteiger partial charge < -0.3 is 25.3 Å². The van der Waals surface area contributed by atoms with E-state index in [4.69, 9.17) is 0 Å². The van der Waals surface area contributed by atoms with Gasteiger partial charge in [0.1, 0.15) is 5.82 Å². The third kappa shape index (κ3) is 5.47. The van der Waals surface area contributed by atoms with Crippen molar-refractivity contribution in [2.24, 2.45) is 0 Å². The fourth-order valence-electron chi connectivity index (χ4n) is 4.44. The van der Waals surface area contributed by atoms with Crippen LogP contribution < -0.4 is 15.5 Å². The molecular formula is C25H30FN5O3. The van der Waals surface area contributed by atoms with Crippen LogP contribution in [0.3, 0.4) is 0 Å². The summed E-state index contributed by atoms with van der Waals surface area (Å²) >= 11 is 0. The number of halogens is 1. The minimum atomic E-state index is -0.477. The molecule has 2 N–H and O–H groups in total. The van der Waals surface area contributed by atoms with E-state index in [2.05, 4.69) is 15.5 Å². The smallest absolute Gasteiger partial charge is 0.322 e. The number of urea groups is 1. The van der Waals surface area contributed by atoms with Crippen LogP contribution in [0.1, 0.15) is 36.5 Å². The summed E-state index contributed by atoms with van der Waals surface area (Å²) in [7, 11) is 0. The molecule has 8 nitrogen and oxygen atoms in total. The average molecular weight is 468 g/mol. The number of benzene rings is 2. The number of carbonyl (C=O) groups is 3. The van der Waals surface area contributed by atoms with Gasteiger partial charge in [-0.1, -0.05) is 12.1 Å². The number of likely N-dealkylation sites (tertiary alicyclic amines) is 1. The third-order valence-electron chi connectivity index (χ3n) is 6.21. The van der Waals surface area contributed by atoms with Gasteiger partial charge in [0.25, 0.3) is 5.91 Å². The molecular weight excluding hydrogens is 437 g/mol. The van der Waals surface area contributed by atoms with E-state index in [1.807, 2.05) is 11.0 Å². The number of nitrogens with zero attached hydrogens (tertiary/aromatic N) is 3. The number of carbonyl (C=O) groups excluding carboxylic acids is 3. The van der Waals surface area contributed by atoms with E-state index >= 15 is 0 Å². The van der Waals surface area contributed by atoms with Crippen molar-refractivity contribution >= 4 is 34.9 Å². The lowest BCUT2D eigenvalue weighted by molar-refractivity contribution is -0.114. The van der Waals surface area contributed by atoms with Crippen molar-refractivity contribution < 1.29 is 18.8 Å². The predicted molar refractivity (Wildman–Crippen MR) is 130 cm³/mol. The number of rotatable bonds is 4. The zero-order valence-electron chi connectivity index (χ0n) is 19.3. The van der Waals surface area contributed by atoms with Crippen molar-refractivity contribution in [3.63, 3.8) is 0 Å². The first-order valence-electron chi connectivity index (χ1n) is 11.7. The molecule has 4 amide bonds. The molecule has 0 radical (unpaired) electrons. The highest BCUT2D eigenvalue weighted by Crippen LogP contribution is 2.28. The van der Waals surface area contributed by atoms with E-state index < -0.39 is 5.82 Å². The Hall–Kier alpha value is -3.62. The second-order valence-electron chi connectivity index (χ2n) is 8.65. The maximum atomic E-state index is 13.9. The first-order chi connectivity index (χ1) is 16.4. The number of amides is 4. The van der Waals surface area contributed by atoms with E-state index in [0.29, 0.717) is 37.4 Å². The number of nitrogens with one attached hydrogen (secondary N) is 2. The second-order valence-corrected chi connectivity index (χ2v) is 8.65. The van der Waals surface area contributed by atoms with Gasteiger partial charge in [0.05, 0.1) is 11.3 Å². The summed E-state index contributed by atoms with van der Waals surface area (Å²) in [6, 6.07) is 11.1. The molecule has 2 saturated heterocycles. The molecule has 0 saturated carbocycles. The van der Waals surface area contributed by atoms with Crippen LogP contribution in [0.15, 0.2) is 42.5 Å². The highest BCUT2D eigenvalue weighted by molar-refractivity contribution is 6.02. The number of para-hydroxylation sites is 1. The van der Waals surface area contributed by atoms with Crippen LogP contribution in [0.4, 0.5) is 26.2 Å². The number of piperidine rings is 1. The molecule has 0 atom stereocenters. The van der Waals surface area contributed by atoms with Crippen molar-refractivity contribution in [2.75, 3.05) is 54.8 Å². The minimum absolute atomic E-state index is 0.0402. The Kier molecular flexibility index (Phi) is 7.30. The lowest BCUT2D eigenvalue weighted by Gasteiger charge is -2.37. The Morgan fingerprint density at radius 2 is 1.53 bits per heavy atom. The second kappa shape index (κ2) is 10.5. The zero-order chi connectivity index (χ0) is 24.1. The van der Waals surface area contributed by atoms with Gasteiger partial charge in [-0.2, -0.15) is 0 Å². The summed E-state index contributed by atoms with van der Waals surface area (Å²) < 4.78 is 13.9. The molecule has 0 spiro atoms. The van der Waals surface area contributed by atoms with Gasteiger partial charge in [-0.25, -0.2) is 9.18 Å². The maximum absolute atomic E-state index is 13.9. The molecule has 2 aliphatic rings. The molecule has 9 heteroatoms. The largest absolute Gasteiger partial charge is 0.367 e. The van der Waals surface area contributed by atoms with E-state index in [1.165, 1.54) is 19.1 Å². The average Bonchev–Trinajstić information content (AvgIpc) is 2.85. The van der Waals surface area contributed by atoms with Crippen molar-refractivity contribution in [1.29, 1.82) is 0 Å². The van der Waals surface area contributed by atoms with Crippen LogP contribution in [0.25, 0.3) is 0 Å². The summed E-state index contributed by atoms with van der Waals surface area (Å²) in [5, 5.41) is 5.39. The number of hydrogen-bond donors (Lipinski definition) is 2. The van der Waals surface area contributed by atoms with Gasteiger partial charge in [0.2, 0.25) is 5.91 Å². The molecule has 2 aromatic rings. The minimum Gasteiger partial charge on any atom is -0.367 e. The van der Waals surface area contributed by atoms with E-state index in [-0.39, 0.29) is 23.5 Å². The highest BCUT2D eigenvalue weighted by Gasteiger charge is 2.27. The molecule has 2 aromatic carbocycles. The Bertz CT molecular complexity index is 1060. The van der Waals surface area contributed by atoms with Crippen LogP contribution in [0, 0.1) is 5.82 Å². The monoisotopic (exact) mass is 467 g/mol. The molecule has 180 valence electrons. The Morgan fingerprint density at radius 3 is 2.21 bits per heavy atom. The molecule has 0 unspecified atom stereocenters. The van der Waals surface area contributed by atoms with Crippen molar-refractivity contribution in [1.82, 2.24) is 9.80 Å². The molecule has 0 aromatic heterocycles. The van der Waals surface area contributed by atoms with E-state index in [1.54, 1.807) is 29.2 Å². The van der Waals surface area contributed by atoms with E-state index in [9.17, 15) is 18.8 Å². The van der Waals surface area contributed by atoms with Crippen LogP contribution in [-0.2, 0) is 4.79 Å². The quantitative estimate of drug-likeness (QED) is 0.717. The van der Waals surface area contributed by atoms with Crippen LogP contribution in [-0.4, -0.2) is 66.9 Å². The molecule has 2 aliphatic heterocycles. The van der Waals surface area contributed by atoms with Gasteiger partial charge in [0, 0.05) is 57.6 Å². The first-order valence-corrected chi connectivity index (χ1v) is 11.7. The molecule has 0 bridgehead atoms. The summed E-state index contributed by atoms with van der Waals surface area (Å²) in [5.74, 6) is -0.713. The Morgan fingerprint density at radius 1 is 0.824 bits per heavy atom. The standard InChI is InChI=1S/C25H30FN5O3/c1-18(32)27-19-9-10-23(20(17-19)24(33)30-11-5-2-6-12-30)29-13-15-31(16-14-29)25(34)28-22-8-4-3-7-21(22)26/h3-4,7-10,17H,2,5-6,11-16H2,1H3,(H,27,32)(H,28,34). The fourth-order valence-corrected chi connectivity index (χ4v) is 4.44. The van der Waals surface area contributed by atoms with Gasteiger partial charge in [0.15, 0.2) is 0 Å². The van der Waals surface area contributed by atoms with Gasteiger partial charge in [-0.3, -0.25) is 9.59 Å². The lowest BCUT2D eigenvalue weighted by atomic mass is 10.1. The summed E-state index contributed by atoms with van der Waals surface area (Å²) in [4.78, 5) is 43.2. The van der Waals surface area contributed by atoms with Crippen molar-refractivity contribution in [3.05, 3.63) is 53.8 Å². The number of hydrogen-bond acceptors (Lipinski definition) is 4. The topological polar surface area (TPSA) is 85.0 Å². The van der Waals surface area contributed by atoms with Crippen molar-refractivity contribution in [3.8, 4) is 0 Å². The zero-order valence-corrected chi connectivity index (χ0v) is 19.3. The van der Waals surface area contributed by atoms with Crippen LogP contribution in [0.5, 0.6) is 0 Å². The van der Waals surface area contributed by atoms with Gasteiger partial charge >= 0.3 is 6.03 Å². The normalized spacial score (nSPS) is 16.2. The van der Waals surface area contributed by atoms with Gasteiger partial charge in [-0.15, -0.1) is 0 Å². The summed E-state index contributed by atoms with van der Waals surface area (Å²) in [6.45, 7) is 4.83. The SMILES string of the molecule is CC(=O)Nc1ccc(N2CCN(C(=O)Nc3ccccc3F)CC2)c(C(=O)N2CCCCC2)c1. The summed E-state index contributed by atoms with van der Waals surface area (Å²) in [5.41, 5.74) is 2.08. The molecule has 4 rings (SSSR count). The molecule has 34 heavy (non-hydrogen) atoms. The van der Waals surface area contributed by atoms with Crippen LogP contribution in [0.2, 0.25) is 0 Å². The van der Waals surface area contributed by atoms with Crippen molar-refractivity contribution in [2.45, 2.75) is 26.2 Å². The van der Waals surface area contributed by atoms with Crippen LogP contribution >= 0.6 is 0 Å². The first kappa shape index (κ1) is 23.5. The lowest BCUT2D eigenvalue weighted by Crippen LogP contribution is -2.50. The Labute approximate surface area is 198 Å². The molecule has 2 heterocycles.